The number of carbonyl (C=O) groups excluding carboxylic acids is 1. The van der Waals surface area contributed by atoms with E-state index in [1.807, 2.05) is 0 Å². The second-order valence-electron chi connectivity index (χ2n) is 5.15. The van der Waals surface area contributed by atoms with Crippen LogP contribution in [0.1, 0.15) is 12.8 Å². The lowest BCUT2D eigenvalue weighted by Crippen LogP contribution is -2.41. The first kappa shape index (κ1) is 13.6. The summed E-state index contributed by atoms with van der Waals surface area (Å²) in [5.41, 5.74) is 4.92. The second-order valence-corrected chi connectivity index (χ2v) is 5.15. The Morgan fingerprint density at radius 1 is 1.61 bits per heavy atom. The van der Waals surface area contributed by atoms with E-state index >= 15 is 0 Å². The van der Waals surface area contributed by atoms with Gasteiger partial charge >= 0.3 is 5.97 Å². The number of aliphatic carboxylic acids is 1. The molecule has 7 heteroatoms. The number of carboxylic acid groups (broad SMARTS) is 1. The van der Waals surface area contributed by atoms with Gasteiger partial charge in [-0.3, -0.25) is 9.59 Å². The van der Waals surface area contributed by atoms with E-state index in [0.29, 0.717) is 19.6 Å². The highest BCUT2D eigenvalue weighted by atomic mass is 35.5. The van der Waals surface area contributed by atoms with Gasteiger partial charge in [-0.15, -0.1) is 12.4 Å². The van der Waals surface area contributed by atoms with Crippen LogP contribution in [0.3, 0.4) is 0 Å². The van der Waals surface area contributed by atoms with Crippen molar-refractivity contribution in [2.45, 2.75) is 24.5 Å². The highest BCUT2D eigenvalue weighted by Crippen LogP contribution is 2.55. The van der Waals surface area contributed by atoms with E-state index in [1.165, 1.54) is 0 Å². The second kappa shape index (κ2) is 4.36. The third kappa shape index (κ3) is 1.56. The highest BCUT2D eigenvalue weighted by Gasteiger charge is 2.68. The molecule has 3 aliphatic heterocycles. The predicted octanol–water partition coefficient (Wildman–Crippen LogP) is -0.542. The van der Waals surface area contributed by atoms with Gasteiger partial charge in [0.1, 0.15) is 0 Å². The molecule has 3 saturated heterocycles. The fraction of sp³-hybridized carbons (Fsp3) is 0.818. The monoisotopic (exact) mass is 276 g/mol. The van der Waals surface area contributed by atoms with Crippen molar-refractivity contribution in [2.24, 2.45) is 17.6 Å². The van der Waals surface area contributed by atoms with Crippen LogP contribution < -0.4 is 5.73 Å². The van der Waals surface area contributed by atoms with Gasteiger partial charge < -0.3 is 20.5 Å². The molecule has 6 nitrogen and oxygen atoms in total. The fourth-order valence-electron chi connectivity index (χ4n) is 3.67. The number of halogens is 1. The number of fused-ring (bicyclic) bond motifs is 1. The normalized spacial score (nSPS) is 40.8. The zero-order valence-electron chi connectivity index (χ0n) is 9.87. The first-order valence-corrected chi connectivity index (χ1v) is 5.98. The number of carboxylic acids is 1. The van der Waals surface area contributed by atoms with Gasteiger partial charge in [-0.2, -0.15) is 0 Å². The molecule has 0 saturated carbocycles. The molecule has 2 bridgehead atoms. The van der Waals surface area contributed by atoms with E-state index in [4.69, 9.17) is 10.5 Å². The van der Waals surface area contributed by atoms with Crippen LogP contribution in [0.4, 0.5) is 0 Å². The summed E-state index contributed by atoms with van der Waals surface area (Å²) in [5.74, 6) is -2.17. The number of amides is 1. The summed E-state index contributed by atoms with van der Waals surface area (Å²) in [6.45, 7) is 1.39. The van der Waals surface area contributed by atoms with Crippen molar-refractivity contribution in [1.29, 1.82) is 0 Å². The Labute approximate surface area is 111 Å². The average Bonchev–Trinajstić information content (AvgIpc) is 2.88. The van der Waals surface area contributed by atoms with Crippen molar-refractivity contribution in [1.82, 2.24) is 4.90 Å². The molecule has 0 aromatic carbocycles. The summed E-state index contributed by atoms with van der Waals surface area (Å²) < 4.78 is 5.82. The van der Waals surface area contributed by atoms with Crippen molar-refractivity contribution >= 4 is 24.3 Å². The lowest BCUT2D eigenvalue weighted by Gasteiger charge is -2.25. The first-order valence-electron chi connectivity index (χ1n) is 5.98. The summed E-state index contributed by atoms with van der Waals surface area (Å²) in [4.78, 5) is 25.1. The maximum absolute atomic E-state index is 12.2. The van der Waals surface area contributed by atoms with E-state index < -0.39 is 23.4 Å². The number of likely N-dealkylation sites (tertiary alicyclic amines) is 1. The number of carbonyl (C=O) groups is 2. The number of rotatable bonds is 3. The summed E-state index contributed by atoms with van der Waals surface area (Å²) >= 11 is 0. The molecular formula is C11H17ClN2O4. The molecule has 4 atom stereocenters. The molecule has 0 aliphatic carbocycles. The lowest BCUT2D eigenvalue weighted by molar-refractivity contribution is -0.149. The standard InChI is InChI=1S/C11H16N2O4.ClH/c12-3-4-13-5-11-2-1-6(17-11)7(10(15)16)8(11)9(13)14;/h6-8H,1-5,12H2,(H,15,16);1H/t6-,7-,8+,11-;/m0./s1. The topological polar surface area (TPSA) is 92.9 Å². The molecule has 3 aliphatic rings. The van der Waals surface area contributed by atoms with Crippen LogP contribution in [0, 0.1) is 11.8 Å². The predicted molar refractivity (Wildman–Crippen MR) is 64.3 cm³/mol. The zero-order valence-corrected chi connectivity index (χ0v) is 10.7. The minimum atomic E-state index is -0.912. The van der Waals surface area contributed by atoms with Crippen molar-refractivity contribution in [3.63, 3.8) is 0 Å². The van der Waals surface area contributed by atoms with Gasteiger partial charge in [0.2, 0.25) is 5.91 Å². The van der Waals surface area contributed by atoms with Crippen LogP contribution in [0.5, 0.6) is 0 Å². The van der Waals surface area contributed by atoms with Crippen molar-refractivity contribution in [3.05, 3.63) is 0 Å². The quantitative estimate of drug-likeness (QED) is 0.722. The van der Waals surface area contributed by atoms with Crippen LogP contribution in [0.15, 0.2) is 0 Å². The summed E-state index contributed by atoms with van der Waals surface area (Å²) in [6.07, 6.45) is 1.26. The van der Waals surface area contributed by atoms with Gasteiger partial charge in [0.05, 0.1) is 30.1 Å². The minimum Gasteiger partial charge on any atom is -0.481 e. The maximum Gasteiger partial charge on any atom is 0.310 e. The van der Waals surface area contributed by atoms with Crippen LogP contribution in [0.2, 0.25) is 0 Å². The van der Waals surface area contributed by atoms with E-state index in [0.717, 1.165) is 12.8 Å². The van der Waals surface area contributed by atoms with Crippen LogP contribution >= 0.6 is 12.4 Å². The van der Waals surface area contributed by atoms with E-state index in [2.05, 4.69) is 0 Å². The average molecular weight is 277 g/mol. The maximum atomic E-state index is 12.2. The van der Waals surface area contributed by atoms with E-state index in [9.17, 15) is 14.7 Å². The van der Waals surface area contributed by atoms with Crippen molar-refractivity contribution < 1.29 is 19.4 Å². The largest absolute Gasteiger partial charge is 0.481 e. The van der Waals surface area contributed by atoms with Crippen molar-refractivity contribution in [3.8, 4) is 0 Å². The Morgan fingerprint density at radius 3 is 2.94 bits per heavy atom. The van der Waals surface area contributed by atoms with E-state index in [-0.39, 0.29) is 24.4 Å². The van der Waals surface area contributed by atoms with Gasteiger partial charge in [0.15, 0.2) is 0 Å². The Kier molecular flexibility index (Phi) is 3.29. The zero-order chi connectivity index (χ0) is 12.2. The van der Waals surface area contributed by atoms with Crippen LogP contribution in [-0.2, 0) is 14.3 Å². The molecular weight excluding hydrogens is 260 g/mol. The summed E-state index contributed by atoms with van der Waals surface area (Å²) in [7, 11) is 0. The summed E-state index contributed by atoms with van der Waals surface area (Å²) in [5, 5.41) is 9.24. The third-order valence-electron chi connectivity index (χ3n) is 4.28. The third-order valence-corrected chi connectivity index (χ3v) is 4.28. The molecule has 3 heterocycles. The number of hydrogen-bond donors (Lipinski definition) is 2. The number of nitrogens with zero attached hydrogens (tertiary/aromatic N) is 1. The number of nitrogens with two attached hydrogens (primary N) is 1. The van der Waals surface area contributed by atoms with Gasteiger partial charge in [-0.1, -0.05) is 0 Å². The Hall–Kier alpha value is -0.850. The highest BCUT2D eigenvalue weighted by molar-refractivity contribution is 5.89. The molecule has 0 radical (unpaired) electrons. The molecule has 3 rings (SSSR count). The van der Waals surface area contributed by atoms with E-state index in [1.54, 1.807) is 4.90 Å². The lowest BCUT2D eigenvalue weighted by atomic mass is 9.73. The molecule has 3 fully saturated rings. The molecule has 1 spiro atoms. The minimum absolute atomic E-state index is 0. The molecule has 0 aromatic rings. The molecule has 0 unspecified atom stereocenters. The molecule has 0 aromatic heterocycles. The fourth-order valence-corrected chi connectivity index (χ4v) is 3.67. The molecule has 1 amide bonds. The van der Waals surface area contributed by atoms with Crippen molar-refractivity contribution in [2.75, 3.05) is 19.6 Å². The first-order chi connectivity index (χ1) is 8.09. The Bertz CT molecular complexity index is 391. The molecule has 3 N–H and O–H groups in total. The van der Waals surface area contributed by atoms with Gasteiger partial charge in [-0.05, 0) is 12.8 Å². The van der Waals surface area contributed by atoms with Gasteiger partial charge in [-0.25, -0.2) is 0 Å². The van der Waals surface area contributed by atoms with Crippen LogP contribution in [0.25, 0.3) is 0 Å². The molecule has 102 valence electrons. The smallest absolute Gasteiger partial charge is 0.310 e. The summed E-state index contributed by atoms with van der Waals surface area (Å²) in [6, 6.07) is 0. The van der Waals surface area contributed by atoms with Gasteiger partial charge in [0.25, 0.3) is 0 Å². The molecule has 18 heavy (non-hydrogen) atoms. The Morgan fingerprint density at radius 2 is 2.33 bits per heavy atom. The van der Waals surface area contributed by atoms with Gasteiger partial charge in [0, 0.05) is 13.1 Å². The Balaban J connectivity index is 0.00000120. The van der Waals surface area contributed by atoms with Crippen LogP contribution in [-0.4, -0.2) is 53.2 Å². The number of ether oxygens (including phenoxy) is 1. The number of hydrogen-bond acceptors (Lipinski definition) is 4. The SMILES string of the molecule is Cl.NCCN1C[C@]23CC[C@H](O2)[C@H](C(=O)O)[C@@H]3C1=O.